The first-order valence-corrected chi connectivity index (χ1v) is 4.64. The van der Waals surface area contributed by atoms with Crippen LogP contribution in [0.4, 0.5) is 5.69 Å². The van der Waals surface area contributed by atoms with Gasteiger partial charge in [0.15, 0.2) is 0 Å². The molecule has 0 aromatic heterocycles. The van der Waals surface area contributed by atoms with Crippen LogP contribution in [0.1, 0.15) is 10.4 Å². The molecule has 2 aromatic carbocycles. The number of carboxylic acids is 1. The standard InChI is InChI=1S/C11H7NO5/c13-10-8(11(14)15)5-6-3-1-2-4-7(6)9(10)12(16)17/h1-5,13H,(H,14,15). The summed E-state index contributed by atoms with van der Waals surface area (Å²) in [6.07, 6.45) is 0. The zero-order valence-corrected chi connectivity index (χ0v) is 8.45. The van der Waals surface area contributed by atoms with Crippen LogP contribution in [0.25, 0.3) is 10.8 Å². The smallest absolute Gasteiger partial charge is 0.339 e. The molecule has 6 heteroatoms. The Balaban J connectivity index is 2.95. The summed E-state index contributed by atoms with van der Waals surface area (Å²) in [6, 6.07) is 7.43. The molecular formula is C11H7NO5. The maximum atomic E-state index is 10.9. The number of hydrogen-bond acceptors (Lipinski definition) is 4. The van der Waals surface area contributed by atoms with E-state index in [0.29, 0.717) is 5.39 Å². The molecule has 0 atom stereocenters. The highest BCUT2D eigenvalue weighted by Crippen LogP contribution is 2.37. The first-order valence-electron chi connectivity index (χ1n) is 4.64. The highest BCUT2D eigenvalue weighted by atomic mass is 16.6. The number of fused-ring (bicyclic) bond motifs is 1. The van der Waals surface area contributed by atoms with Crippen molar-refractivity contribution < 1.29 is 19.9 Å². The molecule has 86 valence electrons. The Labute approximate surface area is 94.9 Å². The number of phenols is 1. The Morgan fingerprint density at radius 3 is 2.53 bits per heavy atom. The molecule has 0 fully saturated rings. The van der Waals surface area contributed by atoms with Gasteiger partial charge in [-0.15, -0.1) is 0 Å². The van der Waals surface area contributed by atoms with E-state index in [9.17, 15) is 20.0 Å². The normalized spacial score (nSPS) is 10.4. The summed E-state index contributed by atoms with van der Waals surface area (Å²) in [7, 11) is 0. The summed E-state index contributed by atoms with van der Waals surface area (Å²) in [6.45, 7) is 0. The molecule has 6 nitrogen and oxygen atoms in total. The minimum Gasteiger partial charge on any atom is -0.501 e. The number of nitrogens with zero attached hydrogens (tertiary/aromatic N) is 1. The van der Waals surface area contributed by atoms with Crippen LogP contribution in [0, 0.1) is 10.1 Å². The van der Waals surface area contributed by atoms with E-state index >= 15 is 0 Å². The van der Waals surface area contributed by atoms with Crippen LogP contribution in [0.15, 0.2) is 30.3 Å². The van der Waals surface area contributed by atoms with Crippen LogP contribution in [-0.2, 0) is 0 Å². The third kappa shape index (κ3) is 1.65. The lowest BCUT2D eigenvalue weighted by Crippen LogP contribution is -2.00. The number of rotatable bonds is 2. The van der Waals surface area contributed by atoms with Gasteiger partial charge in [0.05, 0.1) is 10.3 Å². The molecule has 0 heterocycles. The number of benzene rings is 2. The lowest BCUT2D eigenvalue weighted by atomic mass is 10.0. The lowest BCUT2D eigenvalue weighted by molar-refractivity contribution is -0.384. The Bertz CT molecular complexity index is 635. The number of aromatic carboxylic acids is 1. The molecule has 2 N–H and O–H groups in total. The number of carbonyl (C=O) groups is 1. The molecule has 0 aliphatic carbocycles. The van der Waals surface area contributed by atoms with E-state index in [1.165, 1.54) is 12.1 Å². The van der Waals surface area contributed by atoms with Gasteiger partial charge in [0.25, 0.3) is 0 Å². The van der Waals surface area contributed by atoms with Crippen molar-refractivity contribution in [3.63, 3.8) is 0 Å². The number of aromatic hydroxyl groups is 1. The third-order valence-electron chi connectivity index (χ3n) is 2.41. The monoisotopic (exact) mass is 233 g/mol. The van der Waals surface area contributed by atoms with Gasteiger partial charge in [-0.25, -0.2) is 4.79 Å². The summed E-state index contributed by atoms with van der Waals surface area (Å²) in [5, 5.41) is 29.9. The van der Waals surface area contributed by atoms with Gasteiger partial charge in [0.2, 0.25) is 5.75 Å². The predicted octanol–water partition coefficient (Wildman–Crippen LogP) is 2.15. The van der Waals surface area contributed by atoms with E-state index in [4.69, 9.17) is 5.11 Å². The molecule has 17 heavy (non-hydrogen) atoms. The van der Waals surface area contributed by atoms with Gasteiger partial charge in [0, 0.05) is 0 Å². The average molecular weight is 233 g/mol. The summed E-state index contributed by atoms with van der Waals surface area (Å²) in [4.78, 5) is 20.9. The van der Waals surface area contributed by atoms with Gasteiger partial charge in [-0.05, 0) is 17.5 Å². The Kier molecular flexibility index (Phi) is 2.40. The summed E-state index contributed by atoms with van der Waals surface area (Å²) < 4.78 is 0. The Morgan fingerprint density at radius 2 is 1.94 bits per heavy atom. The molecule has 0 aliphatic rings. The predicted molar refractivity (Wildman–Crippen MR) is 59.2 cm³/mol. The van der Waals surface area contributed by atoms with Gasteiger partial charge in [-0.2, -0.15) is 0 Å². The average Bonchev–Trinajstić information content (AvgIpc) is 2.27. The topological polar surface area (TPSA) is 101 Å². The molecular weight excluding hydrogens is 226 g/mol. The second kappa shape index (κ2) is 3.75. The van der Waals surface area contributed by atoms with Crippen molar-refractivity contribution in [2.75, 3.05) is 0 Å². The zero-order valence-electron chi connectivity index (χ0n) is 8.45. The van der Waals surface area contributed by atoms with Crippen molar-refractivity contribution >= 4 is 22.4 Å². The maximum Gasteiger partial charge on any atom is 0.339 e. The van der Waals surface area contributed by atoms with Crippen LogP contribution in [0.2, 0.25) is 0 Å². The van der Waals surface area contributed by atoms with Crippen LogP contribution >= 0.6 is 0 Å². The van der Waals surface area contributed by atoms with Crippen molar-refractivity contribution in [1.29, 1.82) is 0 Å². The van der Waals surface area contributed by atoms with Gasteiger partial charge < -0.3 is 10.2 Å². The van der Waals surface area contributed by atoms with Gasteiger partial charge in [-0.1, -0.05) is 18.2 Å². The number of nitro groups is 1. The minimum atomic E-state index is -1.41. The van der Waals surface area contributed by atoms with Crippen LogP contribution in [-0.4, -0.2) is 21.1 Å². The number of hydrogen-bond donors (Lipinski definition) is 2. The SMILES string of the molecule is O=C(O)c1cc2ccccc2c([N+](=O)[O-])c1O. The summed E-state index contributed by atoms with van der Waals surface area (Å²) in [5.41, 5.74) is -1.06. The molecule has 0 radical (unpaired) electrons. The molecule has 0 saturated carbocycles. The third-order valence-corrected chi connectivity index (χ3v) is 2.41. The molecule has 0 unspecified atom stereocenters. The first-order chi connectivity index (χ1) is 8.02. The van der Waals surface area contributed by atoms with Crippen molar-refractivity contribution in [2.24, 2.45) is 0 Å². The maximum absolute atomic E-state index is 10.9. The van der Waals surface area contributed by atoms with Crippen molar-refractivity contribution in [1.82, 2.24) is 0 Å². The Morgan fingerprint density at radius 1 is 1.29 bits per heavy atom. The van der Waals surface area contributed by atoms with E-state index in [0.717, 1.165) is 0 Å². The van der Waals surface area contributed by atoms with E-state index in [1.807, 2.05) is 0 Å². The fourth-order valence-electron chi connectivity index (χ4n) is 1.67. The lowest BCUT2D eigenvalue weighted by Gasteiger charge is -2.04. The first kappa shape index (κ1) is 10.9. The summed E-state index contributed by atoms with van der Waals surface area (Å²) in [5.74, 6) is -2.22. The zero-order chi connectivity index (χ0) is 12.6. The second-order valence-electron chi connectivity index (χ2n) is 3.40. The van der Waals surface area contributed by atoms with Crippen molar-refractivity contribution in [2.45, 2.75) is 0 Å². The van der Waals surface area contributed by atoms with E-state index in [1.54, 1.807) is 18.2 Å². The molecule has 0 amide bonds. The van der Waals surface area contributed by atoms with Crippen molar-refractivity contribution in [3.05, 3.63) is 46.0 Å². The molecule has 0 bridgehead atoms. The molecule has 0 aliphatic heterocycles. The van der Waals surface area contributed by atoms with Gasteiger partial charge >= 0.3 is 11.7 Å². The highest BCUT2D eigenvalue weighted by molar-refractivity contribution is 6.03. The minimum absolute atomic E-state index is 0.208. The van der Waals surface area contributed by atoms with Gasteiger partial charge in [-0.3, -0.25) is 10.1 Å². The van der Waals surface area contributed by atoms with Gasteiger partial charge in [0.1, 0.15) is 5.56 Å². The number of carboxylic acid groups (broad SMARTS) is 1. The molecule has 2 aromatic rings. The molecule has 0 saturated heterocycles. The molecule has 2 rings (SSSR count). The van der Waals surface area contributed by atoms with Crippen molar-refractivity contribution in [3.8, 4) is 5.75 Å². The fourth-order valence-corrected chi connectivity index (χ4v) is 1.67. The van der Waals surface area contributed by atoms with E-state index in [2.05, 4.69) is 0 Å². The molecule has 0 spiro atoms. The highest BCUT2D eigenvalue weighted by Gasteiger charge is 2.24. The summed E-state index contributed by atoms with van der Waals surface area (Å²) >= 11 is 0. The van der Waals surface area contributed by atoms with E-state index < -0.39 is 27.9 Å². The Hall–Kier alpha value is -2.63. The largest absolute Gasteiger partial charge is 0.501 e. The van der Waals surface area contributed by atoms with Crippen LogP contribution < -0.4 is 0 Å². The number of nitro benzene ring substituents is 1. The quantitative estimate of drug-likeness (QED) is 0.611. The van der Waals surface area contributed by atoms with Crippen LogP contribution in [0.3, 0.4) is 0 Å². The fraction of sp³-hybridized carbons (Fsp3) is 0. The van der Waals surface area contributed by atoms with E-state index in [-0.39, 0.29) is 5.39 Å². The van der Waals surface area contributed by atoms with Crippen LogP contribution in [0.5, 0.6) is 5.75 Å². The second-order valence-corrected chi connectivity index (χ2v) is 3.40.